The summed E-state index contributed by atoms with van der Waals surface area (Å²) in [5, 5.41) is 3.04. The SMILES string of the molecule is C=CC(=O)OCC=CNc1ccccc1. The third-order valence-corrected chi connectivity index (χ3v) is 1.63. The number of anilines is 1. The first-order valence-electron chi connectivity index (χ1n) is 4.58. The van der Waals surface area contributed by atoms with Crippen molar-refractivity contribution in [3.63, 3.8) is 0 Å². The number of rotatable bonds is 5. The summed E-state index contributed by atoms with van der Waals surface area (Å²) in [5.41, 5.74) is 0.990. The molecule has 0 saturated heterocycles. The third kappa shape index (κ3) is 4.67. The fourth-order valence-corrected chi connectivity index (χ4v) is 0.927. The molecule has 0 saturated carbocycles. The smallest absolute Gasteiger partial charge is 0.330 e. The first-order valence-corrected chi connectivity index (χ1v) is 4.58. The fourth-order valence-electron chi connectivity index (χ4n) is 0.927. The number of benzene rings is 1. The van der Waals surface area contributed by atoms with E-state index in [4.69, 9.17) is 4.74 Å². The number of para-hydroxylation sites is 1. The average molecular weight is 203 g/mol. The van der Waals surface area contributed by atoms with Crippen molar-refractivity contribution in [3.8, 4) is 0 Å². The maximum Gasteiger partial charge on any atom is 0.330 e. The second-order valence-electron chi connectivity index (χ2n) is 2.75. The quantitative estimate of drug-likeness (QED) is 0.589. The number of hydrogen-bond acceptors (Lipinski definition) is 3. The molecule has 0 atom stereocenters. The lowest BCUT2D eigenvalue weighted by Gasteiger charge is -1.99. The van der Waals surface area contributed by atoms with E-state index in [0.717, 1.165) is 11.8 Å². The van der Waals surface area contributed by atoms with Gasteiger partial charge in [-0.3, -0.25) is 0 Å². The van der Waals surface area contributed by atoms with Gasteiger partial charge >= 0.3 is 5.97 Å². The van der Waals surface area contributed by atoms with Crippen LogP contribution in [-0.4, -0.2) is 12.6 Å². The molecule has 0 bridgehead atoms. The minimum atomic E-state index is -0.417. The Bertz CT molecular complexity index is 344. The zero-order valence-corrected chi connectivity index (χ0v) is 8.35. The van der Waals surface area contributed by atoms with E-state index in [1.165, 1.54) is 0 Å². The van der Waals surface area contributed by atoms with E-state index in [1.54, 1.807) is 12.3 Å². The molecule has 0 spiro atoms. The minimum absolute atomic E-state index is 0.241. The molecule has 0 fully saturated rings. The molecule has 1 rings (SSSR count). The van der Waals surface area contributed by atoms with Crippen LogP contribution in [0.3, 0.4) is 0 Å². The van der Waals surface area contributed by atoms with E-state index in [1.807, 2.05) is 30.3 Å². The predicted octanol–water partition coefficient (Wildman–Crippen LogP) is 2.34. The van der Waals surface area contributed by atoms with Gasteiger partial charge in [0.25, 0.3) is 0 Å². The van der Waals surface area contributed by atoms with Crippen LogP contribution in [0.4, 0.5) is 5.69 Å². The van der Waals surface area contributed by atoms with Gasteiger partial charge in [0.05, 0.1) is 0 Å². The lowest BCUT2D eigenvalue weighted by Crippen LogP contribution is -1.99. The molecule has 0 aliphatic heterocycles. The molecule has 78 valence electrons. The van der Waals surface area contributed by atoms with Crippen LogP contribution in [0, 0.1) is 0 Å². The molecule has 0 heterocycles. The molecule has 3 heteroatoms. The van der Waals surface area contributed by atoms with Crippen LogP contribution in [0.2, 0.25) is 0 Å². The van der Waals surface area contributed by atoms with Gasteiger partial charge in [-0.15, -0.1) is 0 Å². The van der Waals surface area contributed by atoms with Crippen molar-refractivity contribution in [2.75, 3.05) is 11.9 Å². The van der Waals surface area contributed by atoms with Crippen LogP contribution in [-0.2, 0) is 9.53 Å². The van der Waals surface area contributed by atoms with Gasteiger partial charge in [0.1, 0.15) is 6.61 Å². The lowest BCUT2D eigenvalue weighted by molar-refractivity contribution is -0.136. The summed E-state index contributed by atoms with van der Waals surface area (Å²) in [7, 11) is 0. The summed E-state index contributed by atoms with van der Waals surface area (Å²) in [5.74, 6) is -0.417. The molecule has 0 aliphatic carbocycles. The van der Waals surface area contributed by atoms with Gasteiger partial charge in [0, 0.05) is 18.0 Å². The number of carbonyl (C=O) groups is 1. The number of carbonyl (C=O) groups excluding carboxylic acids is 1. The van der Waals surface area contributed by atoms with E-state index in [0.29, 0.717) is 0 Å². The number of esters is 1. The second-order valence-corrected chi connectivity index (χ2v) is 2.75. The van der Waals surface area contributed by atoms with E-state index in [9.17, 15) is 4.79 Å². The zero-order chi connectivity index (χ0) is 10.9. The topological polar surface area (TPSA) is 38.3 Å². The van der Waals surface area contributed by atoms with E-state index < -0.39 is 5.97 Å². The van der Waals surface area contributed by atoms with Crippen LogP contribution in [0.25, 0.3) is 0 Å². The van der Waals surface area contributed by atoms with Crippen molar-refractivity contribution in [3.05, 3.63) is 55.3 Å². The molecule has 1 aromatic rings. The lowest BCUT2D eigenvalue weighted by atomic mass is 10.3. The van der Waals surface area contributed by atoms with Crippen LogP contribution in [0.15, 0.2) is 55.3 Å². The summed E-state index contributed by atoms with van der Waals surface area (Å²) < 4.78 is 4.75. The summed E-state index contributed by atoms with van der Waals surface area (Å²) in [6.07, 6.45) is 4.58. The molecule has 1 aromatic carbocycles. The van der Waals surface area contributed by atoms with E-state index in [-0.39, 0.29) is 6.61 Å². The summed E-state index contributed by atoms with van der Waals surface area (Å²) in [6, 6.07) is 9.71. The van der Waals surface area contributed by atoms with Crippen molar-refractivity contribution in [2.24, 2.45) is 0 Å². The van der Waals surface area contributed by atoms with Crippen molar-refractivity contribution in [1.82, 2.24) is 0 Å². The highest BCUT2D eigenvalue weighted by Gasteiger charge is 1.90. The van der Waals surface area contributed by atoms with Gasteiger partial charge in [0.15, 0.2) is 0 Å². The largest absolute Gasteiger partial charge is 0.458 e. The first kappa shape index (κ1) is 11.0. The van der Waals surface area contributed by atoms with Gasteiger partial charge in [-0.2, -0.15) is 0 Å². The molecule has 3 nitrogen and oxygen atoms in total. The molecule has 1 N–H and O–H groups in total. The molecule has 0 aromatic heterocycles. The van der Waals surface area contributed by atoms with E-state index >= 15 is 0 Å². The summed E-state index contributed by atoms with van der Waals surface area (Å²) >= 11 is 0. The Balaban J connectivity index is 2.23. The highest BCUT2D eigenvalue weighted by atomic mass is 16.5. The molecule has 15 heavy (non-hydrogen) atoms. The Morgan fingerprint density at radius 2 is 2.13 bits per heavy atom. The monoisotopic (exact) mass is 203 g/mol. The van der Waals surface area contributed by atoms with Gasteiger partial charge in [-0.1, -0.05) is 24.8 Å². The highest BCUT2D eigenvalue weighted by molar-refractivity contribution is 5.81. The highest BCUT2D eigenvalue weighted by Crippen LogP contribution is 2.03. The van der Waals surface area contributed by atoms with Crippen LogP contribution in [0.1, 0.15) is 0 Å². The van der Waals surface area contributed by atoms with Crippen molar-refractivity contribution < 1.29 is 9.53 Å². The zero-order valence-electron chi connectivity index (χ0n) is 8.35. The minimum Gasteiger partial charge on any atom is -0.458 e. The van der Waals surface area contributed by atoms with Gasteiger partial charge in [-0.05, 0) is 18.2 Å². The first-order chi connectivity index (χ1) is 7.33. The average Bonchev–Trinajstić information content (AvgIpc) is 2.29. The second kappa shape index (κ2) is 6.43. The Hall–Kier alpha value is -2.03. The Labute approximate surface area is 89.1 Å². The van der Waals surface area contributed by atoms with Crippen LogP contribution >= 0.6 is 0 Å². The number of ether oxygens (including phenoxy) is 1. The Morgan fingerprint density at radius 1 is 1.40 bits per heavy atom. The summed E-state index contributed by atoms with van der Waals surface area (Å²) in [6.45, 7) is 3.53. The predicted molar refractivity (Wildman–Crippen MR) is 60.4 cm³/mol. The normalized spacial score (nSPS) is 9.87. The Kier molecular flexibility index (Phi) is 4.73. The van der Waals surface area contributed by atoms with Gasteiger partial charge in [0.2, 0.25) is 0 Å². The fraction of sp³-hybridized carbons (Fsp3) is 0.0833. The van der Waals surface area contributed by atoms with E-state index in [2.05, 4.69) is 11.9 Å². The maximum absolute atomic E-state index is 10.7. The van der Waals surface area contributed by atoms with Gasteiger partial charge < -0.3 is 10.1 Å². The standard InChI is InChI=1S/C12H13NO2/c1-2-12(14)15-10-6-9-13-11-7-4-3-5-8-11/h2-9,13H,1,10H2. The molecule has 0 aliphatic rings. The van der Waals surface area contributed by atoms with Crippen molar-refractivity contribution in [1.29, 1.82) is 0 Å². The number of hydrogen-bond donors (Lipinski definition) is 1. The molecule has 0 radical (unpaired) electrons. The molecule has 0 unspecified atom stereocenters. The summed E-state index contributed by atoms with van der Waals surface area (Å²) in [4.78, 5) is 10.7. The Morgan fingerprint density at radius 3 is 2.80 bits per heavy atom. The van der Waals surface area contributed by atoms with Gasteiger partial charge in [-0.25, -0.2) is 4.79 Å². The molecular formula is C12H13NO2. The number of nitrogens with one attached hydrogen (secondary N) is 1. The van der Waals surface area contributed by atoms with Crippen molar-refractivity contribution in [2.45, 2.75) is 0 Å². The third-order valence-electron chi connectivity index (χ3n) is 1.63. The van der Waals surface area contributed by atoms with Crippen molar-refractivity contribution >= 4 is 11.7 Å². The van der Waals surface area contributed by atoms with Crippen LogP contribution < -0.4 is 5.32 Å². The van der Waals surface area contributed by atoms with Crippen LogP contribution in [0.5, 0.6) is 0 Å². The molecular weight excluding hydrogens is 190 g/mol. The maximum atomic E-state index is 10.7. The molecule has 0 amide bonds.